The fraction of sp³-hybridized carbons (Fsp3) is 0.600. The third kappa shape index (κ3) is 2.95. The van der Waals surface area contributed by atoms with Crippen molar-refractivity contribution in [1.29, 1.82) is 0 Å². The lowest BCUT2D eigenvalue weighted by molar-refractivity contribution is 0.271. The number of nitrogens with two attached hydrogens (primary N) is 1. The zero-order chi connectivity index (χ0) is 13.8. The number of rotatable bonds is 6. The molecule has 2 N–H and O–H groups in total. The molecule has 0 aromatic heterocycles. The minimum absolute atomic E-state index is 0.0545. The summed E-state index contributed by atoms with van der Waals surface area (Å²) in [4.78, 5) is 0. The molecule has 0 aliphatic heterocycles. The minimum Gasteiger partial charge on any atom is -0.496 e. The third-order valence-electron chi connectivity index (χ3n) is 3.94. The summed E-state index contributed by atoms with van der Waals surface area (Å²) in [5, 5.41) is 0. The lowest BCUT2D eigenvalue weighted by atomic mass is 9.79. The van der Waals surface area contributed by atoms with Crippen molar-refractivity contribution in [3.63, 3.8) is 0 Å². The van der Waals surface area contributed by atoms with Crippen molar-refractivity contribution in [1.82, 2.24) is 0 Å². The van der Waals surface area contributed by atoms with Gasteiger partial charge in [-0.1, -0.05) is 19.3 Å². The van der Waals surface area contributed by atoms with Crippen molar-refractivity contribution in [3.05, 3.63) is 17.7 Å². The van der Waals surface area contributed by atoms with Gasteiger partial charge in [-0.25, -0.2) is 0 Å². The van der Waals surface area contributed by atoms with Gasteiger partial charge in [0.2, 0.25) is 0 Å². The molecule has 1 fully saturated rings. The molecule has 1 aromatic rings. The van der Waals surface area contributed by atoms with E-state index < -0.39 is 0 Å². The van der Waals surface area contributed by atoms with E-state index >= 15 is 0 Å². The monoisotopic (exact) mass is 265 g/mol. The van der Waals surface area contributed by atoms with Crippen molar-refractivity contribution in [2.45, 2.75) is 31.7 Å². The van der Waals surface area contributed by atoms with Crippen LogP contribution in [0.15, 0.2) is 12.1 Å². The first-order valence-corrected chi connectivity index (χ1v) is 6.75. The lowest BCUT2D eigenvalue weighted by Gasteiger charge is -2.29. The molecular formula is C15H23NO3. The second kappa shape index (κ2) is 6.15. The highest BCUT2D eigenvalue weighted by Crippen LogP contribution is 2.42. The Hall–Kier alpha value is -1.42. The Morgan fingerprint density at radius 2 is 1.68 bits per heavy atom. The van der Waals surface area contributed by atoms with E-state index in [4.69, 9.17) is 19.9 Å². The molecule has 19 heavy (non-hydrogen) atoms. The first-order valence-electron chi connectivity index (χ1n) is 6.75. The van der Waals surface area contributed by atoms with Crippen LogP contribution in [-0.4, -0.2) is 21.3 Å². The average molecular weight is 265 g/mol. The van der Waals surface area contributed by atoms with Crippen LogP contribution in [-0.2, 0) is 0 Å². The summed E-state index contributed by atoms with van der Waals surface area (Å²) in [5.74, 6) is 2.94. The molecule has 1 atom stereocenters. The van der Waals surface area contributed by atoms with Gasteiger partial charge in [0.15, 0.2) is 0 Å². The summed E-state index contributed by atoms with van der Waals surface area (Å²) < 4.78 is 16.1. The van der Waals surface area contributed by atoms with Crippen LogP contribution in [0, 0.1) is 5.92 Å². The maximum Gasteiger partial charge on any atom is 0.131 e. The molecule has 0 radical (unpaired) electrons. The quantitative estimate of drug-likeness (QED) is 0.859. The zero-order valence-corrected chi connectivity index (χ0v) is 11.9. The Morgan fingerprint density at radius 1 is 1.11 bits per heavy atom. The molecule has 1 aromatic carbocycles. The van der Waals surface area contributed by atoms with Crippen molar-refractivity contribution < 1.29 is 14.2 Å². The molecule has 106 valence electrons. The van der Waals surface area contributed by atoms with E-state index in [1.807, 2.05) is 12.1 Å². The maximum atomic E-state index is 6.35. The molecule has 4 nitrogen and oxygen atoms in total. The number of methoxy groups -OCH3 is 3. The van der Waals surface area contributed by atoms with E-state index in [-0.39, 0.29) is 6.04 Å². The number of hydrogen-bond donors (Lipinski definition) is 1. The lowest BCUT2D eigenvalue weighted by Crippen LogP contribution is -2.21. The summed E-state index contributed by atoms with van der Waals surface area (Å²) in [5.41, 5.74) is 7.29. The Morgan fingerprint density at radius 3 is 2.05 bits per heavy atom. The first-order chi connectivity index (χ1) is 9.19. The van der Waals surface area contributed by atoms with Crippen molar-refractivity contribution in [2.75, 3.05) is 21.3 Å². The molecular weight excluding hydrogens is 242 g/mol. The normalized spacial score (nSPS) is 16.6. The summed E-state index contributed by atoms with van der Waals surface area (Å²) in [6, 6.07) is 3.66. The number of benzene rings is 1. The third-order valence-corrected chi connectivity index (χ3v) is 3.94. The Bertz CT molecular complexity index is 404. The van der Waals surface area contributed by atoms with Gasteiger partial charge in [0, 0.05) is 18.2 Å². The Kier molecular flexibility index (Phi) is 4.53. The highest BCUT2D eigenvalue weighted by Gasteiger charge is 2.25. The highest BCUT2D eigenvalue weighted by atomic mass is 16.5. The molecule has 1 aliphatic carbocycles. The fourth-order valence-corrected chi connectivity index (χ4v) is 2.60. The molecule has 1 unspecified atom stereocenters. The maximum absolute atomic E-state index is 6.35. The smallest absolute Gasteiger partial charge is 0.131 e. The molecule has 1 aliphatic rings. The topological polar surface area (TPSA) is 53.7 Å². The fourth-order valence-electron chi connectivity index (χ4n) is 2.60. The van der Waals surface area contributed by atoms with Gasteiger partial charge in [-0.05, 0) is 12.3 Å². The second-order valence-corrected chi connectivity index (χ2v) is 5.08. The number of ether oxygens (including phenoxy) is 3. The minimum atomic E-state index is -0.0545. The molecule has 0 spiro atoms. The van der Waals surface area contributed by atoms with Crippen molar-refractivity contribution in [3.8, 4) is 17.2 Å². The van der Waals surface area contributed by atoms with Crippen LogP contribution >= 0.6 is 0 Å². The van der Waals surface area contributed by atoms with Crippen LogP contribution in [0.5, 0.6) is 17.2 Å². The predicted molar refractivity (Wildman–Crippen MR) is 75.0 cm³/mol. The van der Waals surface area contributed by atoms with E-state index in [2.05, 4.69) is 0 Å². The molecule has 0 amide bonds. The summed E-state index contributed by atoms with van der Waals surface area (Å²) in [6.07, 6.45) is 4.89. The van der Waals surface area contributed by atoms with Crippen LogP contribution in [0.25, 0.3) is 0 Å². The van der Waals surface area contributed by atoms with Gasteiger partial charge < -0.3 is 19.9 Å². The Balaban J connectivity index is 2.29. The zero-order valence-electron chi connectivity index (χ0n) is 11.9. The van der Waals surface area contributed by atoms with Crippen LogP contribution in [0.4, 0.5) is 0 Å². The van der Waals surface area contributed by atoms with Gasteiger partial charge in [-0.2, -0.15) is 0 Å². The van der Waals surface area contributed by atoms with Crippen molar-refractivity contribution in [2.24, 2.45) is 11.7 Å². The second-order valence-electron chi connectivity index (χ2n) is 5.08. The summed E-state index contributed by atoms with van der Waals surface area (Å²) in [6.45, 7) is 0. The van der Waals surface area contributed by atoms with E-state index in [0.29, 0.717) is 5.75 Å². The van der Waals surface area contributed by atoms with E-state index in [0.717, 1.165) is 29.4 Å². The Labute approximate surface area is 114 Å². The largest absolute Gasteiger partial charge is 0.496 e. The van der Waals surface area contributed by atoms with Crippen LogP contribution < -0.4 is 19.9 Å². The van der Waals surface area contributed by atoms with Gasteiger partial charge in [0.25, 0.3) is 0 Å². The SMILES string of the molecule is COc1cc(OC)c(C(N)CC2CCC2)c(OC)c1. The standard InChI is InChI=1S/C15H23NO3/c1-17-11-8-13(18-2)15(14(9-11)19-3)12(16)7-10-5-4-6-10/h8-10,12H,4-7,16H2,1-3H3. The van der Waals surface area contributed by atoms with Gasteiger partial charge in [-0.15, -0.1) is 0 Å². The molecule has 1 saturated carbocycles. The van der Waals surface area contributed by atoms with Crippen LogP contribution in [0.3, 0.4) is 0 Å². The van der Waals surface area contributed by atoms with Gasteiger partial charge in [0.1, 0.15) is 17.2 Å². The van der Waals surface area contributed by atoms with Gasteiger partial charge in [-0.3, -0.25) is 0 Å². The molecule has 0 bridgehead atoms. The molecule has 4 heteroatoms. The molecule has 0 saturated heterocycles. The van der Waals surface area contributed by atoms with Crippen molar-refractivity contribution >= 4 is 0 Å². The molecule has 0 heterocycles. The van der Waals surface area contributed by atoms with E-state index in [9.17, 15) is 0 Å². The first kappa shape index (κ1) is 14.0. The summed E-state index contributed by atoms with van der Waals surface area (Å²) in [7, 11) is 4.92. The predicted octanol–water partition coefficient (Wildman–Crippen LogP) is 2.90. The number of hydrogen-bond acceptors (Lipinski definition) is 4. The molecule has 2 rings (SSSR count). The van der Waals surface area contributed by atoms with Crippen LogP contribution in [0.1, 0.15) is 37.3 Å². The van der Waals surface area contributed by atoms with E-state index in [1.54, 1.807) is 21.3 Å². The van der Waals surface area contributed by atoms with Gasteiger partial charge >= 0.3 is 0 Å². The highest BCUT2D eigenvalue weighted by molar-refractivity contribution is 5.52. The average Bonchev–Trinajstić information content (AvgIpc) is 2.40. The van der Waals surface area contributed by atoms with Crippen LogP contribution in [0.2, 0.25) is 0 Å². The van der Waals surface area contributed by atoms with E-state index in [1.165, 1.54) is 19.3 Å². The van der Waals surface area contributed by atoms with Gasteiger partial charge in [0.05, 0.1) is 26.9 Å². The summed E-state index contributed by atoms with van der Waals surface area (Å²) >= 11 is 0.